The fraction of sp³-hybridized carbons (Fsp3) is 0.286. The van der Waals surface area contributed by atoms with Gasteiger partial charge >= 0.3 is 6.18 Å². The Bertz CT molecular complexity index is 883. The summed E-state index contributed by atoms with van der Waals surface area (Å²) in [6, 6.07) is 14.3. The number of alkyl halides is 3. The van der Waals surface area contributed by atoms with Gasteiger partial charge in [-0.1, -0.05) is 54.6 Å². The molecule has 2 bridgehead atoms. The summed E-state index contributed by atoms with van der Waals surface area (Å²) in [5, 5.41) is 1.31. The standard InChI is InChI=1S/C21H19F3N2O2/c22-21(23,24)17-9-4-8-16(13-17)20-18-10-5-11-25(20)14-26(28-18)19(27)12-15-6-2-1-3-7-15/h1-10,13,18,20H,11-12,14H2/t18-,20+/m1/s1. The monoisotopic (exact) mass is 388 g/mol. The number of nitrogens with zero attached hydrogens (tertiary/aromatic N) is 2. The first-order valence-electron chi connectivity index (χ1n) is 9.01. The molecule has 0 spiro atoms. The summed E-state index contributed by atoms with van der Waals surface area (Å²) >= 11 is 0. The molecule has 2 aliphatic heterocycles. The summed E-state index contributed by atoms with van der Waals surface area (Å²) in [4.78, 5) is 20.4. The molecular formula is C21H19F3N2O2. The van der Waals surface area contributed by atoms with Gasteiger partial charge in [0.2, 0.25) is 0 Å². The molecule has 0 radical (unpaired) electrons. The van der Waals surface area contributed by atoms with E-state index >= 15 is 0 Å². The molecule has 1 amide bonds. The van der Waals surface area contributed by atoms with Crippen LogP contribution in [-0.4, -0.2) is 35.2 Å². The van der Waals surface area contributed by atoms with Crippen LogP contribution in [0.25, 0.3) is 0 Å². The Labute approximate surface area is 160 Å². The van der Waals surface area contributed by atoms with Gasteiger partial charge in [-0.25, -0.2) is 5.06 Å². The van der Waals surface area contributed by atoms with Crippen molar-refractivity contribution in [3.8, 4) is 0 Å². The van der Waals surface area contributed by atoms with Gasteiger partial charge in [0.05, 0.1) is 18.0 Å². The number of carbonyl (C=O) groups excluding carboxylic acids is 1. The van der Waals surface area contributed by atoms with E-state index in [0.717, 1.165) is 17.7 Å². The van der Waals surface area contributed by atoms with Gasteiger partial charge in [-0.15, -0.1) is 0 Å². The molecule has 4 rings (SSSR count). The molecule has 2 aromatic carbocycles. The van der Waals surface area contributed by atoms with Crippen molar-refractivity contribution in [1.82, 2.24) is 9.96 Å². The second kappa shape index (κ2) is 7.41. The van der Waals surface area contributed by atoms with Gasteiger partial charge in [0, 0.05) is 6.54 Å². The summed E-state index contributed by atoms with van der Waals surface area (Å²) in [5.41, 5.74) is 0.724. The highest BCUT2D eigenvalue weighted by Crippen LogP contribution is 2.37. The van der Waals surface area contributed by atoms with Crippen LogP contribution in [0.5, 0.6) is 0 Å². The van der Waals surface area contributed by atoms with Gasteiger partial charge in [-0.3, -0.25) is 14.5 Å². The molecule has 1 unspecified atom stereocenters. The highest BCUT2D eigenvalue weighted by molar-refractivity contribution is 5.77. The molecule has 3 atom stereocenters. The summed E-state index contributed by atoms with van der Waals surface area (Å²) < 4.78 is 39.3. The van der Waals surface area contributed by atoms with Crippen molar-refractivity contribution in [3.05, 3.63) is 83.4 Å². The van der Waals surface area contributed by atoms with Crippen molar-refractivity contribution in [2.45, 2.75) is 24.7 Å². The molecule has 146 valence electrons. The Kier molecular flexibility index (Phi) is 4.95. The molecular weight excluding hydrogens is 369 g/mol. The topological polar surface area (TPSA) is 32.8 Å². The molecule has 2 aromatic rings. The number of fused-ring (bicyclic) bond motifs is 2. The maximum absolute atomic E-state index is 13.1. The van der Waals surface area contributed by atoms with E-state index in [9.17, 15) is 18.0 Å². The van der Waals surface area contributed by atoms with Crippen molar-refractivity contribution in [2.75, 3.05) is 13.2 Å². The Hall–Kier alpha value is -2.64. The van der Waals surface area contributed by atoms with Gasteiger partial charge in [-0.05, 0) is 23.3 Å². The first-order chi connectivity index (χ1) is 13.4. The number of halogens is 3. The third-order valence-corrected chi connectivity index (χ3v) is 4.96. The normalized spacial score (nSPS) is 24.2. The zero-order chi connectivity index (χ0) is 19.7. The Morgan fingerprint density at radius 1 is 1.11 bits per heavy atom. The SMILES string of the molecule is O=C(Cc1ccccc1)N1CN2CC=C[C@@H](O1)[C@@H]2c1cccc(C(F)(F)F)c1. The van der Waals surface area contributed by atoms with E-state index in [2.05, 4.69) is 0 Å². The van der Waals surface area contributed by atoms with Gasteiger partial charge in [0.15, 0.2) is 0 Å². The van der Waals surface area contributed by atoms with E-state index in [0.29, 0.717) is 12.1 Å². The van der Waals surface area contributed by atoms with E-state index in [1.54, 1.807) is 6.07 Å². The maximum atomic E-state index is 13.1. The molecule has 2 heterocycles. The van der Waals surface area contributed by atoms with Crippen LogP contribution >= 0.6 is 0 Å². The predicted octanol–water partition coefficient (Wildman–Crippen LogP) is 3.96. The fourth-order valence-electron chi connectivity index (χ4n) is 3.64. The highest BCUT2D eigenvalue weighted by Gasteiger charge is 2.40. The van der Waals surface area contributed by atoms with Gasteiger partial charge in [0.1, 0.15) is 12.8 Å². The minimum absolute atomic E-state index is 0.181. The van der Waals surface area contributed by atoms with Crippen LogP contribution in [0.1, 0.15) is 22.7 Å². The van der Waals surface area contributed by atoms with Gasteiger partial charge in [-0.2, -0.15) is 13.2 Å². The zero-order valence-electron chi connectivity index (χ0n) is 15.0. The summed E-state index contributed by atoms with van der Waals surface area (Å²) in [6.45, 7) is 0.739. The van der Waals surface area contributed by atoms with Crippen molar-refractivity contribution in [2.24, 2.45) is 0 Å². The van der Waals surface area contributed by atoms with Crippen LogP contribution in [-0.2, 0) is 22.2 Å². The Morgan fingerprint density at radius 3 is 2.61 bits per heavy atom. The van der Waals surface area contributed by atoms with Crippen LogP contribution < -0.4 is 0 Å². The van der Waals surface area contributed by atoms with E-state index in [4.69, 9.17) is 4.84 Å². The van der Waals surface area contributed by atoms with Crippen LogP contribution in [0.15, 0.2) is 66.7 Å². The third kappa shape index (κ3) is 3.81. The lowest BCUT2D eigenvalue weighted by molar-refractivity contribution is -0.254. The molecule has 0 saturated carbocycles. The second-order valence-electron chi connectivity index (χ2n) is 6.91. The first-order valence-corrected chi connectivity index (χ1v) is 9.01. The molecule has 2 aliphatic rings. The lowest BCUT2D eigenvalue weighted by atomic mass is 9.94. The second-order valence-corrected chi connectivity index (χ2v) is 6.91. The Morgan fingerprint density at radius 2 is 1.89 bits per heavy atom. The molecule has 1 fully saturated rings. The fourth-order valence-corrected chi connectivity index (χ4v) is 3.64. The third-order valence-electron chi connectivity index (χ3n) is 4.96. The number of benzene rings is 2. The minimum Gasteiger partial charge on any atom is -0.272 e. The molecule has 0 aromatic heterocycles. The molecule has 0 N–H and O–H groups in total. The average Bonchev–Trinajstić information content (AvgIpc) is 2.67. The van der Waals surface area contributed by atoms with E-state index in [-0.39, 0.29) is 25.0 Å². The van der Waals surface area contributed by atoms with Crippen LogP contribution in [0.4, 0.5) is 13.2 Å². The number of carbonyl (C=O) groups is 1. The largest absolute Gasteiger partial charge is 0.416 e. The summed E-state index contributed by atoms with van der Waals surface area (Å²) in [5.74, 6) is -0.181. The van der Waals surface area contributed by atoms with Crippen LogP contribution in [0.3, 0.4) is 0 Å². The minimum atomic E-state index is -4.40. The quantitative estimate of drug-likeness (QED) is 0.747. The van der Waals surface area contributed by atoms with Crippen molar-refractivity contribution >= 4 is 5.91 Å². The molecule has 1 saturated heterocycles. The van der Waals surface area contributed by atoms with Crippen molar-refractivity contribution < 1.29 is 22.8 Å². The lowest BCUT2D eigenvalue weighted by Gasteiger charge is -2.46. The van der Waals surface area contributed by atoms with Gasteiger partial charge < -0.3 is 0 Å². The first kappa shape index (κ1) is 18.7. The number of amides is 1. The van der Waals surface area contributed by atoms with Crippen molar-refractivity contribution in [3.63, 3.8) is 0 Å². The number of hydrogen-bond acceptors (Lipinski definition) is 3. The number of rotatable bonds is 3. The molecule has 28 heavy (non-hydrogen) atoms. The van der Waals surface area contributed by atoms with Crippen molar-refractivity contribution in [1.29, 1.82) is 0 Å². The number of hydroxylamine groups is 2. The average molecular weight is 388 g/mol. The number of hydrogen-bond donors (Lipinski definition) is 0. The summed E-state index contributed by atoms with van der Waals surface area (Å²) in [7, 11) is 0. The van der Waals surface area contributed by atoms with E-state index in [1.807, 2.05) is 47.4 Å². The molecule has 0 aliphatic carbocycles. The predicted molar refractivity (Wildman–Crippen MR) is 96.8 cm³/mol. The van der Waals surface area contributed by atoms with E-state index in [1.165, 1.54) is 11.1 Å². The molecule has 4 nitrogen and oxygen atoms in total. The van der Waals surface area contributed by atoms with Gasteiger partial charge in [0.25, 0.3) is 5.91 Å². The molecule has 7 heteroatoms. The Balaban J connectivity index is 1.53. The van der Waals surface area contributed by atoms with E-state index < -0.39 is 17.8 Å². The smallest absolute Gasteiger partial charge is 0.272 e. The zero-order valence-corrected chi connectivity index (χ0v) is 15.0. The van der Waals surface area contributed by atoms with Crippen LogP contribution in [0.2, 0.25) is 0 Å². The highest BCUT2D eigenvalue weighted by atomic mass is 19.4. The van der Waals surface area contributed by atoms with Crippen LogP contribution in [0, 0.1) is 0 Å². The summed E-state index contributed by atoms with van der Waals surface area (Å²) in [6.07, 6.45) is -0.995. The maximum Gasteiger partial charge on any atom is 0.416 e. The lowest BCUT2D eigenvalue weighted by Crippen LogP contribution is -2.55.